The quantitative estimate of drug-likeness (QED) is 0.585. The van der Waals surface area contributed by atoms with Gasteiger partial charge in [0.15, 0.2) is 0 Å². The van der Waals surface area contributed by atoms with E-state index in [1.54, 1.807) is 30.3 Å². The van der Waals surface area contributed by atoms with E-state index in [1.165, 1.54) is 0 Å². The fourth-order valence-corrected chi connectivity index (χ4v) is 2.38. The van der Waals surface area contributed by atoms with Gasteiger partial charge in [-0.2, -0.15) is 0 Å². The standard InChI is InChI=1S/C16H13NO4/c1-10-2-7-14-13(8-10)15(16(21-14)17(19)20)12-5-3-11(9-18)4-6-12/h2-8,18H,9H2,1H3. The Kier molecular flexibility index (Phi) is 3.19. The van der Waals surface area contributed by atoms with Crippen LogP contribution in [-0.4, -0.2) is 10.0 Å². The molecular formula is C16H13NO4. The third-order valence-corrected chi connectivity index (χ3v) is 3.42. The lowest BCUT2D eigenvalue weighted by Crippen LogP contribution is -1.89. The highest BCUT2D eigenvalue weighted by Crippen LogP contribution is 2.40. The number of hydrogen-bond donors (Lipinski definition) is 1. The van der Waals surface area contributed by atoms with Crippen LogP contribution in [0.4, 0.5) is 5.88 Å². The second kappa shape index (κ2) is 5.03. The smallest absolute Gasteiger partial charge is 0.400 e. The number of aryl methyl sites for hydroxylation is 1. The van der Waals surface area contributed by atoms with Crippen molar-refractivity contribution in [2.45, 2.75) is 13.5 Å². The molecule has 0 bridgehead atoms. The van der Waals surface area contributed by atoms with Crippen LogP contribution in [0.1, 0.15) is 11.1 Å². The van der Waals surface area contributed by atoms with Crippen LogP contribution in [0.15, 0.2) is 46.9 Å². The number of nitrogens with zero attached hydrogens (tertiary/aromatic N) is 1. The summed E-state index contributed by atoms with van der Waals surface area (Å²) >= 11 is 0. The molecule has 5 heteroatoms. The minimum Gasteiger partial charge on any atom is -0.400 e. The van der Waals surface area contributed by atoms with Crippen LogP contribution >= 0.6 is 0 Å². The molecule has 2 aromatic carbocycles. The molecule has 5 nitrogen and oxygen atoms in total. The molecule has 1 N–H and O–H groups in total. The molecule has 0 amide bonds. The summed E-state index contributed by atoms with van der Waals surface area (Å²) in [7, 11) is 0. The van der Waals surface area contributed by atoms with Gasteiger partial charge in [0.25, 0.3) is 0 Å². The highest BCUT2D eigenvalue weighted by molar-refractivity contribution is 5.98. The minimum absolute atomic E-state index is 0.0619. The maximum absolute atomic E-state index is 11.2. The lowest BCUT2D eigenvalue weighted by Gasteiger charge is -2.01. The zero-order valence-electron chi connectivity index (χ0n) is 11.4. The lowest BCUT2D eigenvalue weighted by atomic mass is 10.0. The van der Waals surface area contributed by atoms with Gasteiger partial charge in [-0.3, -0.25) is 10.1 Å². The van der Waals surface area contributed by atoms with E-state index in [4.69, 9.17) is 9.52 Å². The van der Waals surface area contributed by atoms with Crippen molar-refractivity contribution in [1.29, 1.82) is 0 Å². The van der Waals surface area contributed by atoms with E-state index in [1.807, 2.05) is 19.1 Å². The minimum atomic E-state index is -0.509. The fraction of sp³-hybridized carbons (Fsp3) is 0.125. The monoisotopic (exact) mass is 283 g/mol. The average molecular weight is 283 g/mol. The average Bonchev–Trinajstić information content (AvgIpc) is 2.86. The number of fused-ring (bicyclic) bond motifs is 1. The topological polar surface area (TPSA) is 76.5 Å². The Labute approximate surface area is 120 Å². The second-order valence-corrected chi connectivity index (χ2v) is 4.89. The molecule has 3 aromatic rings. The number of furan rings is 1. The summed E-state index contributed by atoms with van der Waals surface area (Å²) in [4.78, 5) is 10.7. The molecule has 0 aliphatic rings. The summed E-state index contributed by atoms with van der Waals surface area (Å²) < 4.78 is 5.38. The van der Waals surface area contributed by atoms with Gasteiger partial charge in [0, 0.05) is 5.39 Å². The Morgan fingerprint density at radius 3 is 2.52 bits per heavy atom. The van der Waals surface area contributed by atoms with Gasteiger partial charge in [0.1, 0.15) is 16.1 Å². The highest BCUT2D eigenvalue weighted by Gasteiger charge is 2.25. The van der Waals surface area contributed by atoms with Gasteiger partial charge in [0.2, 0.25) is 0 Å². The maximum atomic E-state index is 11.2. The van der Waals surface area contributed by atoms with Crippen molar-refractivity contribution < 1.29 is 14.4 Å². The molecule has 0 atom stereocenters. The van der Waals surface area contributed by atoms with Gasteiger partial charge < -0.3 is 9.52 Å². The SMILES string of the molecule is Cc1ccc2oc([N+](=O)[O-])c(-c3ccc(CO)cc3)c2c1. The Morgan fingerprint density at radius 1 is 1.19 bits per heavy atom. The molecular weight excluding hydrogens is 270 g/mol. The predicted molar refractivity (Wildman–Crippen MR) is 79.0 cm³/mol. The third kappa shape index (κ3) is 2.28. The molecule has 0 fully saturated rings. The molecule has 0 aliphatic heterocycles. The number of nitro groups is 1. The van der Waals surface area contributed by atoms with Crippen molar-refractivity contribution in [3.8, 4) is 11.1 Å². The van der Waals surface area contributed by atoms with Gasteiger partial charge in [-0.1, -0.05) is 35.9 Å². The van der Waals surface area contributed by atoms with Crippen molar-refractivity contribution in [3.63, 3.8) is 0 Å². The summed E-state index contributed by atoms with van der Waals surface area (Å²) in [5.74, 6) is -0.257. The lowest BCUT2D eigenvalue weighted by molar-refractivity contribution is -0.400. The first-order valence-electron chi connectivity index (χ1n) is 6.48. The fourth-order valence-electron chi connectivity index (χ4n) is 2.38. The van der Waals surface area contributed by atoms with Crippen molar-refractivity contribution in [1.82, 2.24) is 0 Å². The van der Waals surface area contributed by atoms with Gasteiger partial charge in [-0.15, -0.1) is 0 Å². The van der Waals surface area contributed by atoms with E-state index in [0.717, 1.165) is 16.5 Å². The molecule has 0 saturated heterocycles. The van der Waals surface area contributed by atoms with Crippen molar-refractivity contribution in [2.24, 2.45) is 0 Å². The molecule has 0 spiro atoms. The molecule has 1 heterocycles. The van der Waals surface area contributed by atoms with E-state index >= 15 is 0 Å². The first-order chi connectivity index (χ1) is 10.1. The molecule has 0 unspecified atom stereocenters. The second-order valence-electron chi connectivity index (χ2n) is 4.89. The number of hydrogen-bond acceptors (Lipinski definition) is 4. The van der Waals surface area contributed by atoms with Crippen molar-refractivity contribution in [2.75, 3.05) is 0 Å². The Morgan fingerprint density at radius 2 is 1.90 bits per heavy atom. The summed E-state index contributed by atoms with van der Waals surface area (Å²) in [5.41, 5.74) is 3.43. The van der Waals surface area contributed by atoms with E-state index in [9.17, 15) is 10.1 Å². The Hall–Kier alpha value is -2.66. The maximum Gasteiger partial charge on any atom is 0.442 e. The number of aliphatic hydroxyl groups excluding tert-OH is 1. The van der Waals surface area contributed by atoms with E-state index in [0.29, 0.717) is 16.7 Å². The normalized spacial score (nSPS) is 11.0. The molecule has 1 aromatic heterocycles. The largest absolute Gasteiger partial charge is 0.442 e. The van der Waals surface area contributed by atoms with Crippen molar-refractivity contribution in [3.05, 3.63) is 63.7 Å². The molecule has 21 heavy (non-hydrogen) atoms. The van der Waals surface area contributed by atoms with Crippen molar-refractivity contribution >= 4 is 16.9 Å². The van der Waals surface area contributed by atoms with Gasteiger partial charge in [-0.05, 0) is 30.2 Å². The van der Waals surface area contributed by atoms with Crippen LogP contribution in [-0.2, 0) is 6.61 Å². The number of aliphatic hydroxyl groups is 1. The van der Waals surface area contributed by atoms with Gasteiger partial charge >= 0.3 is 5.88 Å². The molecule has 3 rings (SSSR count). The first kappa shape index (κ1) is 13.3. The van der Waals surface area contributed by atoms with E-state index in [-0.39, 0.29) is 12.5 Å². The van der Waals surface area contributed by atoms with E-state index in [2.05, 4.69) is 0 Å². The Bertz CT molecular complexity index is 818. The summed E-state index contributed by atoms with van der Waals surface area (Å²) in [6.45, 7) is 1.87. The summed E-state index contributed by atoms with van der Waals surface area (Å²) in [6.07, 6.45) is 0. The van der Waals surface area contributed by atoms with Gasteiger partial charge in [-0.25, -0.2) is 0 Å². The first-order valence-corrected chi connectivity index (χ1v) is 6.48. The molecule has 0 saturated carbocycles. The summed E-state index contributed by atoms with van der Waals surface area (Å²) in [6, 6.07) is 12.5. The molecule has 0 aliphatic carbocycles. The van der Waals surface area contributed by atoms with Crippen LogP contribution in [0, 0.1) is 17.0 Å². The highest BCUT2D eigenvalue weighted by atomic mass is 16.6. The number of benzene rings is 2. The molecule has 106 valence electrons. The summed E-state index contributed by atoms with van der Waals surface area (Å²) in [5, 5.41) is 21.0. The zero-order valence-corrected chi connectivity index (χ0v) is 11.4. The Balaban J connectivity index is 2.29. The molecule has 0 radical (unpaired) electrons. The number of rotatable bonds is 3. The van der Waals surface area contributed by atoms with Crippen LogP contribution in [0.5, 0.6) is 0 Å². The zero-order chi connectivity index (χ0) is 15.0. The third-order valence-electron chi connectivity index (χ3n) is 3.42. The van der Waals surface area contributed by atoms with Crippen LogP contribution in [0.2, 0.25) is 0 Å². The van der Waals surface area contributed by atoms with Gasteiger partial charge in [0.05, 0.1) is 6.61 Å². The van der Waals surface area contributed by atoms with Crippen LogP contribution < -0.4 is 0 Å². The van der Waals surface area contributed by atoms with Crippen LogP contribution in [0.25, 0.3) is 22.1 Å². The van der Waals surface area contributed by atoms with Crippen LogP contribution in [0.3, 0.4) is 0 Å². The predicted octanol–water partition coefficient (Wildman–Crippen LogP) is 3.81. The van der Waals surface area contributed by atoms with E-state index < -0.39 is 4.92 Å².